The van der Waals surface area contributed by atoms with Crippen molar-refractivity contribution in [2.75, 3.05) is 26.2 Å². The number of benzene rings is 3. The highest BCUT2D eigenvalue weighted by Gasteiger charge is 2.21. The zero-order valence-corrected chi connectivity index (χ0v) is 19.1. The fourth-order valence-electron chi connectivity index (χ4n) is 4.28. The van der Waals surface area contributed by atoms with Crippen molar-refractivity contribution in [2.24, 2.45) is 0 Å². The van der Waals surface area contributed by atoms with E-state index in [-0.39, 0.29) is 5.91 Å². The first-order valence-electron chi connectivity index (χ1n) is 11.8. The molecular formula is C28H28N4O2. The minimum absolute atomic E-state index is 0.145. The number of aryl methyl sites for hydroxylation is 1. The second-order valence-corrected chi connectivity index (χ2v) is 8.60. The van der Waals surface area contributed by atoms with Gasteiger partial charge in [-0.15, -0.1) is 0 Å². The number of aromatic nitrogens is 2. The summed E-state index contributed by atoms with van der Waals surface area (Å²) in [7, 11) is 0. The molecular weight excluding hydrogens is 424 g/mol. The molecule has 2 heterocycles. The van der Waals surface area contributed by atoms with Crippen LogP contribution in [0.4, 0.5) is 0 Å². The Bertz CT molecular complexity index is 1200. The van der Waals surface area contributed by atoms with E-state index in [0.29, 0.717) is 24.6 Å². The summed E-state index contributed by atoms with van der Waals surface area (Å²) in [5, 5.41) is 4.11. The first-order chi connectivity index (χ1) is 16.7. The van der Waals surface area contributed by atoms with Crippen LogP contribution < -0.4 is 0 Å². The van der Waals surface area contributed by atoms with E-state index < -0.39 is 0 Å². The molecule has 0 N–H and O–H groups in total. The Balaban J connectivity index is 1.10. The van der Waals surface area contributed by atoms with Gasteiger partial charge in [-0.1, -0.05) is 90.1 Å². The molecule has 0 bridgehead atoms. The lowest BCUT2D eigenvalue weighted by Crippen LogP contribution is -2.48. The van der Waals surface area contributed by atoms with Crippen LogP contribution in [-0.2, 0) is 17.8 Å². The number of rotatable bonds is 7. The molecule has 0 spiro atoms. The molecule has 4 aromatic rings. The van der Waals surface area contributed by atoms with Crippen LogP contribution in [0.3, 0.4) is 0 Å². The predicted octanol–water partition coefficient (Wildman–Crippen LogP) is 4.68. The van der Waals surface area contributed by atoms with Crippen LogP contribution >= 0.6 is 0 Å². The van der Waals surface area contributed by atoms with Gasteiger partial charge < -0.3 is 9.42 Å². The predicted molar refractivity (Wildman–Crippen MR) is 132 cm³/mol. The third-order valence-electron chi connectivity index (χ3n) is 6.25. The highest BCUT2D eigenvalue weighted by molar-refractivity contribution is 5.76. The van der Waals surface area contributed by atoms with Crippen molar-refractivity contribution in [1.29, 1.82) is 0 Å². The van der Waals surface area contributed by atoms with E-state index in [1.807, 2.05) is 41.3 Å². The molecule has 6 heteroatoms. The van der Waals surface area contributed by atoms with Crippen molar-refractivity contribution in [3.05, 3.63) is 96.4 Å². The smallest absolute Gasteiger partial charge is 0.227 e. The van der Waals surface area contributed by atoms with Crippen LogP contribution in [0.5, 0.6) is 0 Å². The summed E-state index contributed by atoms with van der Waals surface area (Å²) in [5.74, 6) is 1.20. The Hall–Kier alpha value is -3.77. The largest absolute Gasteiger partial charge is 0.340 e. The standard InChI is InChI=1S/C28H28N4O2/c33-27(32-19-17-31(18-20-32)21-22-7-3-1-4-8-22)16-15-26-29-28(30-34-26)25-13-11-24(12-14-25)23-9-5-2-6-10-23/h1-14H,15-21H2. The normalized spacial score (nSPS) is 14.3. The minimum Gasteiger partial charge on any atom is -0.340 e. The summed E-state index contributed by atoms with van der Waals surface area (Å²) in [5.41, 5.74) is 4.52. The topological polar surface area (TPSA) is 62.5 Å². The lowest BCUT2D eigenvalue weighted by Gasteiger charge is -2.34. The van der Waals surface area contributed by atoms with Crippen LogP contribution in [0.2, 0.25) is 0 Å². The molecule has 0 atom stereocenters. The van der Waals surface area contributed by atoms with Crippen LogP contribution in [0.25, 0.3) is 22.5 Å². The second kappa shape index (κ2) is 10.4. The zero-order chi connectivity index (χ0) is 23.2. The van der Waals surface area contributed by atoms with Gasteiger partial charge in [-0.2, -0.15) is 4.98 Å². The third kappa shape index (κ3) is 5.41. The zero-order valence-electron chi connectivity index (χ0n) is 19.1. The Labute approximate surface area is 199 Å². The molecule has 1 aliphatic heterocycles. The molecule has 0 saturated carbocycles. The molecule has 1 fully saturated rings. The molecule has 5 rings (SSSR count). The SMILES string of the molecule is O=C(CCc1nc(-c2ccc(-c3ccccc3)cc2)no1)N1CCN(Cc2ccccc2)CC1. The van der Waals surface area contributed by atoms with Crippen molar-refractivity contribution >= 4 is 5.91 Å². The molecule has 0 radical (unpaired) electrons. The van der Waals surface area contributed by atoms with Gasteiger partial charge in [-0.25, -0.2) is 0 Å². The summed E-state index contributed by atoms with van der Waals surface area (Å²) < 4.78 is 5.42. The summed E-state index contributed by atoms with van der Waals surface area (Å²) in [6, 6.07) is 28.8. The summed E-state index contributed by atoms with van der Waals surface area (Å²) in [6.07, 6.45) is 0.839. The van der Waals surface area contributed by atoms with Crippen molar-refractivity contribution in [2.45, 2.75) is 19.4 Å². The van der Waals surface area contributed by atoms with Gasteiger partial charge >= 0.3 is 0 Å². The van der Waals surface area contributed by atoms with Crippen molar-refractivity contribution in [3.8, 4) is 22.5 Å². The average Bonchev–Trinajstić information content (AvgIpc) is 3.38. The Morgan fingerprint density at radius 2 is 1.38 bits per heavy atom. The number of hydrogen-bond donors (Lipinski definition) is 0. The number of carbonyl (C=O) groups excluding carboxylic acids is 1. The molecule has 1 aliphatic rings. The Kier molecular flexibility index (Phi) is 6.77. The van der Waals surface area contributed by atoms with Crippen LogP contribution in [0.1, 0.15) is 17.9 Å². The van der Waals surface area contributed by atoms with Crippen LogP contribution in [0.15, 0.2) is 89.5 Å². The van der Waals surface area contributed by atoms with E-state index in [1.165, 1.54) is 11.1 Å². The summed E-state index contributed by atoms with van der Waals surface area (Å²) in [6.45, 7) is 4.23. The Morgan fingerprint density at radius 1 is 0.765 bits per heavy atom. The maximum absolute atomic E-state index is 12.7. The highest BCUT2D eigenvalue weighted by Crippen LogP contribution is 2.23. The van der Waals surface area contributed by atoms with Gasteiger partial charge in [0.15, 0.2) is 0 Å². The van der Waals surface area contributed by atoms with Crippen LogP contribution in [0, 0.1) is 0 Å². The molecule has 1 amide bonds. The maximum Gasteiger partial charge on any atom is 0.227 e. The highest BCUT2D eigenvalue weighted by atomic mass is 16.5. The third-order valence-corrected chi connectivity index (χ3v) is 6.25. The van der Waals surface area contributed by atoms with Gasteiger partial charge in [0, 0.05) is 51.1 Å². The van der Waals surface area contributed by atoms with E-state index in [9.17, 15) is 4.79 Å². The molecule has 6 nitrogen and oxygen atoms in total. The number of carbonyl (C=O) groups is 1. The summed E-state index contributed by atoms with van der Waals surface area (Å²) >= 11 is 0. The lowest BCUT2D eigenvalue weighted by molar-refractivity contribution is -0.133. The fourth-order valence-corrected chi connectivity index (χ4v) is 4.28. The first kappa shape index (κ1) is 22.0. The van der Waals surface area contributed by atoms with Gasteiger partial charge in [-0.05, 0) is 16.7 Å². The molecule has 3 aromatic carbocycles. The number of amides is 1. The molecule has 1 saturated heterocycles. The fraction of sp³-hybridized carbons (Fsp3) is 0.250. The molecule has 0 unspecified atom stereocenters. The van der Waals surface area contributed by atoms with Gasteiger partial charge in [0.2, 0.25) is 17.6 Å². The van der Waals surface area contributed by atoms with E-state index in [1.54, 1.807) is 0 Å². The monoisotopic (exact) mass is 452 g/mol. The van der Waals surface area contributed by atoms with Gasteiger partial charge in [0.25, 0.3) is 0 Å². The lowest BCUT2D eigenvalue weighted by atomic mass is 10.0. The van der Waals surface area contributed by atoms with Gasteiger partial charge in [0.05, 0.1) is 0 Å². The van der Waals surface area contributed by atoms with E-state index >= 15 is 0 Å². The number of piperazine rings is 1. The Morgan fingerprint density at radius 3 is 2.09 bits per heavy atom. The van der Waals surface area contributed by atoms with E-state index in [0.717, 1.165) is 43.9 Å². The molecule has 172 valence electrons. The summed E-state index contributed by atoms with van der Waals surface area (Å²) in [4.78, 5) is 21.5. The second-order valence-electron chi connectivity index (χ2n) is 8.60. The maximum atomic E-state index is 12.7. The molecule has 34 heavy (non-hydrogen) atoms. The van der Waals surface area contributed by atoms with Gasteiger partial charge in [-0.3, -0.25) is 9.69 Å². The number of hydrogen-bond acceptors (Lipinski definition) is 5. The van der Waals surface area contributed by atoms with Crippen molar-refractivity contribution in [1.82, 2.24) is 19.9 Å². The van der Waals surface area contributed by atoms with E-state index in [4.69, 9.17) is 4.52 Å². The van der Waals surface area contributed by atoms with E-state index in [2.05, 4.69) is 63.6 Å². The number of nitrogens with zero attached hydrogens (tertiary/aromatic N) is 4. The van der Waals surface area contributed by atoms with Gasteiger partial charge in [0.1, 0.15) is 0 Å². The van der Waals surface area contributed by atoms with Crippen molar-refractivity contribution < 1.29 is 9.32 Å². The molecule has 1 aromatic heterocycles. The van der Waals surface area contributed by atoms with Crippen LogP contribution in [-0.4, -0.2) is 52.0 Å². The molecule has 0 aliphatic carbocycles. The van der Waals surface area contributed by atoms with Crippen molar-refractivity contribution in [3.63, 3.8) is 0 Å². The first-order valence-corrected chi connectivity index (χ1v) is 11.8. The quantitative estimate of drug-likeness (QED) is 0.407. The minimum atomic E-state index is 0.145. The average molecular weight is 453 g/mol.